The van der Waals surface area contributed by atoms with Gasteiger partial charge >= 0.3 is 20.8 Å². The van der Waals surface area contributed by atoms with Crippen LogP contribution in [0.4, 0.5) is 20.2 Å². The van der Waals surface area contributed by atoms with Gasteiger partial charge in [0.2, 0.25) is 23.6 Å². The van der Waals surface area contributed by atoms with E-state index in [-0.39, 0.29) is 78.7 Å². The second kappa shape index (κ2) is 26.5. The van der Waals surface area contributed by atoms with Gasteiger partial charge in [0.05, 0.1) is 41.4 Å². The standard InChI is InChI=1S/2C27H32Cl2FN3O8S.CH4/c1-26(2,3)12-21-27(17-10-19(30)18(29)11-20(17)32-25(27)36)22(14-5-4-6-15(28)9-14)23(33(21)37)24(35)31-8-7-16(34)13-41-42(38,39)40;1-26(2,3)12-21-27(17-10-19(30)18(29)11-20(17)32-25(27)36)22(14-5-4-6-15(28)9-14)23(33(21)37)24(35)31-8-7-16(13-34)41-42(38,39)40;/h2*4-6,9-11,16,21-23,34,37H,7-8,12-13H2,1-3H3,(H,31,35)(H,32,36)(H,38,39,40);1H4. The fourth-order valence-electron chi connectivity index (χ4n) is 12.0. The predicted octanol–water partition coefficient (Wildman–Crippen LogP) is 7.98. The molecule has 10 atom stereocenters. The highest BCUT2D eigenvalue weighted by molar-refractivity contribution is 7.81. The quantitative estimate of drug-likeness (QED) is 0.0422. The van der Waals surface area contributed by atoms with Crippen LogP contribution in [0.5, 0.6) is 0 Å². The van der Waals surface area contributed by atoms with E-state index in [4.69, 9.17) is 55.5 Å². The number of nitrogens with zero attached hydrogens (tertiary/aromatic N) is 2. The third-order valence-electron chi connectivity index (χ3n) is 15.1. The Labute approximate surface area is 511 Å². The number of carbonyl (C=O) groups is 4. The molecule has 2 fully saturated rings. The van der Waals surface area contributed by atoms with Gasteiger partial charge in [0.25, 0.3) is 0 Å². The van der Waals surface area contributed by atoms with E-state index in [0.717, 1.165) is 22.3 Å². The van der Waals surface area contributed by atoms with Crippen LogP contribution in [0, 0.1) is 22.5 Å². The average molecular weight is 1310 g/mol. The summed E-state index contributed by atoms with van der Waals surface area (Å²) in [6.07, 6.45) is -2.66. The van der Waals surface area contributed by atoms with Crippen molar-refractivity contribution in [1.82, 2.24) is 20.8 Å². The number of amides is 4. The van der Waals surface area contributed by atoms with Crippen LogP contribution in [0.1, 0.15) is 109 Å². The summed E-state index contributed by atoms with van der Waals surface area (Å²) < 4.78 is 99.8. The minimum Gasteiger partial charge on any atom is -0.394 e. The second-order valence-corrected chi connectivity index (χ2v) is 27.2. The maximum absolute atomic E-state index is 15.0. The summed E-state index contributed by atoms with van der Waals surface area (Å²) in [5.74, 6) is -6.27. The van der Waals surface area contributed by atoms with E-state index >= 15 is 4.39 Å². The van der Waals surface area contributed by atoms with E-state index in [2.05, 4.69) is 29.6 Å². The van der Waals surface area contributed by atoms with Crippen LogP contribution in [0.15, 0.2) is 72.8 Å². The van der Waals surface area contributed by atoms with Gasteiger partial charge in [-0.05, 0) is 107 Å². The average Bonchev–Trinajstić information content (AvgIpc) is 1.55. The number of benzene rings is 4. The van der Waals surface area contributed by atoms with Crippen molar-refractivity contribution in [2.45, 2.75) is 134 Å². The smallest absolute Gasteiger partial charge is 0.394 e. The van der Waals surface area contributed by atoms with E-state index in [1.807, 2.05) is 41.5 Å². The van der Waals surface area contributed by atoms with Gasteiger partial charge < -0.3 is 41.9 Å². The number of anilines is 2. The molecule has 10 unspecified atom stereocenters. The van der Waals surface area contributed by atoms with Crippen molar-refractivity contribution in [3.63, 3.8) is 0 Å². The van der Waals surface area contributed by atoms with Gasteiger partial charge in [-0.3, -0.25) is 28.3 Å². The van der Waals surface area contributed by atoms with Gasteiger partial charge in [-0.2, -0.15) is 27.0 Å². The molecule has 4 amide bonds. The van der Waals surface area contributed by atoms with Crippen molar-refractivity contribution < 1.29 is 82.9 Å². The molecule has 0 bridgehead atoms. The van der Waals surface area contributed by atoms with E-state index in [1.165, 1.54) is 12.1 Å². The van der Waals surface area contributed by atoms with E-state index in [0.29, 0.717) is 21.2 Å². The number of aliphatic hydroxyl groups excluding tert-OH is 2. The summed E-state index contributed by atoms with van der Waals surface area (Å²) >= 11 is 24.8. The summed E-state index contributed by atoms with van der Waals surface area (Å²) in [6, 6.07) is 13.1. The molecule has 468 valence electrons. The Morgan fingerprint density at radius 3 is 1.44 bits per heavy atom. The maximum Gasteiger partial charge on any atom is 0.397 e. The van der Waals surface area contributed by atoms with Crippen LogP contribution in [0.25, 0.3) is 0 Å². The lowest BCUT2D eigenvalue weighted by Gasteiger charge is -2.38. The van der Waals surface area contributed by atoms with Crippen molar-refractivity contribution in [2.24, 2.45) is 10.8 Å². The highest BCUT2D eigenvalue weighted by Crippen LogP contribution is 2.61. The molecule has 2 saturated heterocycles. The lowest BCUT2D eigenvalue weighted by Crippen LogP contribution is -2.50. The number of fused-ring (bicyclic) bond motifs is 4. The lowest BCUT2D eigenvalue weighted by molar-refractivity contribution is -0.165. The van der Waals surface area contributed by atoms with Crippen LogP contribution < -0.4 is 21.3 Å². The molecule has 0 saturated carbocycles. The largest absolute Gasteiger partial charge is 0.397 e. The van der Waals surface area contributed by atoms with Crippen molar-refractivity contribution in [2.75, 3.05) is 36.9 Å². The highest BCUT2D eigenvalue weighted by Gasteiger charge is 2.71. The van der Waals surface area contributed by atoms with Gasteiger partial charge in [-0.1, -0.05) is 120 Å². The Morgan fingerprint density at radius 1 is 0.682 bits per heavy atom. The number of rotatable bonds is 18. The molecule has 0 radical (unpaired) electrons. The molecule has 4 aliphatic rings. The first-order chi connectivity index (χ1) is 38.9. The number of carbonyl (C=O) groups excluding carboxylic acids is 4. The van der Waals surface area contributed by atoms with Crippen LogP contribution in [-0.2, 0) is 59.2 Å². The summed E-state index contributed by atoms with van der Waals surface area (Å²) in [7, 11) is -9.62. The van der Waals surface area contributed by atoms with Gasteiger partial charge in [-0.15, -0.1) is 0 Å². The molecule has 4 aliphatic heterocycles. The van der Waals surface area contributed by atoms with Gasteiger partial charge in [0.1, 0.15) is 40.7 Å². The SMILES string of the molecule is C.CC(C)(C)CC1N(O)C(C(=O)NCCC(CO)OS(=O)(=O)O)C(c2cccc(Cl)c2)C12C(=O)Nc1cc(Cl)c(F)cc12.CC(C)(C)CC1N(O)C(C(=O)NCCC(O)COS(=O)(=O)O)C(c2cccc(Cl)c2)C12C(=O)Nc1cc(Cl)c(F)cc12. The number of hydrogen-bond donors (Lipinski definition) is 10. The lowest BCUT2D eigenvalue weighted by atomic mass is 9.62. The molecule has 10 N–H and O–H groups in total. The van der Waals surface area contributed by atoms with Crippen LogP contribution >= 0.6 is 46.4 Å². The van der Waals surface area contributed by atoms with E-state index in [9.17, 15) is 61.0 Å². The Bertz CT molecular complexity index is 3420. The molecular weight excluding hydrogens is 1240 g/mol. The first kappa shape index (κ1) is 69.4. The molecule has 85 heavy (non-hydrogen) atoms. The Morgan fingerprint density at radius 2 is 1.08 bits per heavy atom. The maximum atomic E-state index is 15.0. The molecule has 4 aromatic rings. The van der Waals surface area contributed by atoms with Gasteiger partial charge in [-0.25, -0.2) is 17.1 Å². The molecule has 30 heteroatoms. The monoisotopic (exact) mass is 1310 g/mol. The molecule has 4 aromatic carbocycles. The predicted molar refractivity (Wildman–Crippen MR) is 311 cm³/mol. The molecule has 8 rings (SSSR count). The first-order valence-electron chi connectivity index (χ1n) is 26.1. The minimum atomic E-state index is -4.86. The zero-order chi connectivity index (χ0) is 62.4. The third kappa shape index (κ3) is 14.9. The van der Waals surface area contributed by atoms with Crippen LogP contribution in [0.3, 0.4) is 0 Å². The minimum absolute atomic E-state index is 0. The third-order valence-corrected chi connectivity index (χ3v) is 17.1. The zero-order valence-electron chi connectivity index (χ0n) is 45.9. The number of halogens is 6. The normalized spacial score (nSPS) is 24.7. The summed E-state index contributed by atoms with van der Waals surface area (Å²) in [4.78, 5) is 55.9. The molecule has 22 nitrogen and oxygen atoms in total. The molecule has 4 heterocycles. The molecular formula is C55H68Cl4F2N6O16S2. The molecule has 2 spiro atoms. The second-order valence-electron chi connectivity index (χ2n) is 23.4. The molecule has 0 aliphatic carbocycles. The van der Waals surface area contributed by atoms with Crippen molar-refractivity contribution in [3.05, 3.63) is 127 Å². The fraction of sp³-hybridized carbons (Fsp3) is 0.491. The van der Waals surface area contributed by atoms with Crippen molar-refractivity contribution >= 4 is 102 Å². The topological polar surface area (TPSA) is 331 Å². The summed E-state index contributed by atoms with van der Waals surface area (Å²) in [6.45, 7) is 9.51. The van der Waals surface area contributed by atoms with E-state index < -0.39 is 139 Å². The summed E-state index contributed by atoms with van der Waals surface area (Å²) in [5.41, 5.74) is -2.42. The zero-order valence-corrected chi connectivity index (χ0v) is 50.6. The van der Waals surface area contributed by atoms with Gasteiger partial charge in [0.15, 0.2) is 0 Å². The highest BCUT2D eigenvalue weighted by atomic mass is 35.5. The fourth-order valence-corrected chi connectivity index (χ4v) is 13.6. The van der Waals surface area contributed by atoms with E-state index in [1.54, 1.807) is 48.5 Å². The van der Waals surface area contributed by atoms with Gasteiger partial charge in [0, 0.05) is 46.3 Å². The number of nitrogens with one attached hydrogen (secondary N) is 4. The number of hydrogen-bond acceptors (Lipinski definition) is 16. The first-order valence-corrected chi connectivity index (χ1v) is 30.4. The van der Waals surface area contributed by atoms with Crippen LogP contribution in [-0.4, -0.2) is 143 Å². The Hall–Kier alpha value is -4.72. The van der Waals surface area contributed by atoms with Crippen molar-refractivity contribution in [3.8, 4) is 0 Å². The Balaban J connectivity index is 0.000000269. The number of aliphatic hydroxyl groups is 2. The van der Waals surface area contributed by atoms with Crippen molar-refractivity contribution in [1.29, 1.82) is 0 Å². The number of hydroxylamine groups is 4. The molecule has 0 aromatic heterocycles. The Kier molecular flexibility index (Phi) is 21.7. The summed E-state index contributed by atoms with van der Waals surface area (Å²) in [5, 5.41) is 55.5. The van der Waals surface area contributed by atoms with Crippen LogP contribution in [0.2, 0.25) is 20.1 Å².